The summed E-state index contributed by atoms with van der Waals surface area (Å²) in [5.74, 6) is 0. The molecule has 19 heavy (non-hydrogen) atoms. The second-order valence-electron chi connectivity index (χ2n) is 4.08. The summed E-state index contributed by atoms with van der Waals surface area (Å²) in [6.45, 7) is 0. The van der Waals surface area contributed by atoms with Gasteiger partial charge in [-0.15, -0.1) is 0 Å². The Morgan fingerprint density at radius 1 is 1.37 bits per heavy atom. The van der Waals surface area contributed by atoms with Crippen LogP contribution in [0.1, 0.15) is 11.1 Å². The van der Waals surface area contributed by atoms with Crippen LogP contribution in [0.3, 0.4) is 0 Å². The fourth-order valence-electron chi connectivity index (χ4n) is 1.67. The first-order valence-electron chi connectivity index (χ1n) is 5.59. The summed E-state index contributed by atoms with van der Waals surface area (Å²) in [5.41, 5.74) is 1.82. The van der Waals surface area contributed by atoms with Crippen LogP contribution in [0.15, 0.2) is 48.3 Å². The Morgan fingerprint density at radius 3 is 2.63 bits per heavy atom. The molecule has 1 aromatic rings. The maximum Gasteiger partial charge on any atom is 0.270 e. The molecule has 0 amide bonds. The number of nitrogens with zero attached hydrogens (tertiary/aromatic N) is 3. The third-order valence-electron chi connectivity index (χ3n) is 2.69. The summed E-state index contributed by atoms with van der Waals surface area (Å²) in [4.78, 5) is 12.1. The van der Waals surface area contributed by atoms with Gasteiger partial charge in [-0.25, -0.2) is 0 Å². The molecule has 0 radical (unpaired) electrons. The zero-order valence-electron chi connectivity index (χ0n) is 10.3. The Hall–Kier alpha value is -2.87. The number of nitro benzene ring substituents is 1. The standard InChI is InChI=1S/C14H11N3O2/c1-16-6-4-11(5-7-16)8-12-2-3-14(17(18)19)9-13(12)10-15/h2-9H,1H3. The van der Waals surface area contributed by atoms with Crippen molar-refractivity contribution in [3.8, 4) is 6.07 Å². The van der Waals surface area contributed by atoms with Crippen molar-refractivity contribution in [3.63, 3.8) is 0 Å². The summed E-state index contributed by atoms with van der Waals surface area (Å²) < 4.78 is 0. The van der Waals surface area contributed by atoms with Crippen LogP contribution in [0.4, 0.5) is 5.69 Å². The molecule has 0 spiro atoms. The van der Waals surface area contributed by atoms with Crippen LogP contribution < -0.4 is 0 Å². The smallest absolute Gasteiger partial charge is 0.270 e. The van der Waals surface area contributed by atoms with Gasteiger partial charge in [-0.3, -0.25) is 10.1 Å². The lowest BCUT2D eigenvalue weighted by molar-refractivity contribution is -0.384. The summed E-state index contributed by atoms with van der Waals surface area (Å²) >= 11 is 0. The minimum atomic E-state index is -0.507. The van der Waals surface area contributed by atoms with Gasteiger partial charge in [0.15, 0.2) is 0 Å². The first-order valence-corrected chi connectivity index (χ1v) is 5.59. The van der Waals surface area contributed by atoms with Gasteiger partial charge in [0.05, 0.1) is 10.5 Å². The van der Waals surface area contributed by atoms with Gasteiger partial charge in [0, 0.05) is 31.6 Å². The molecule has 0 saturated carbocycles. The molecule has 0 unspecified atom stereocenters. The molecular weight excluding hydrogens is 242 g/mol. The molecule has 1 aliphatic rings. The van der Waals surface area contributed by atoms with Gasteiger partial charge >= 0.3 is 0 Å². The highest BCUT2D eigenvalue weighted by Crippen LogP contribution is 2.21. The van der Waals surface area contributed by atoms with E-state index in [0.717, 1.165) is 5.57 Å². The van der Waals surface area contributed by atoms with E-state index in [0.29, 0.717) is 11.1 Å². The summed E-state index contributed by atoms with van der Waals surface area (Å²) in [6.07, 6.45) is 9.42. The molecule has 0 bridgehead atoms. The van der Waals surface area contributed by atoms with Gasteiger partial charge in [-0.1, -0.05) is 0 Å². The normalized spacial score (nSPS) is 13.3. The molecule has 2 rings (SSSR count). The molecule has 0 N–H and O–H groups in total. The van der Waals surface area contributed by atoms with Crippen molar-refractivity contribution in [2.45, 2.75) is 0 Å². The third kappa shape index (κ3) is 2.87. The predicted molar refractivity (Wildman–Crippen MR) is 71.8 cm³/mol. The molecule has 5 nitrogen and oxygen atoms in total. The van der Waals surface area contributed by atoms with E-state index in [4.69, 9.17) is 5.26 Å². The number of hydrogen-bond donors (Lipinski definition) is 0. The quantitative estimate of drug-likeness (QED) is 0.600. The molecule has 0 aliphatic carbocycles. The van der Waals surface area contributed by atoms with E-state index >= 15 is 0 Å². The van der Waals surface area contributed by atoms with E-state index < -0.39 is 4.92 Å². The van der Waals surface area contributed by atoms with E-state index in [2.05, 4.69) is 0 Å². The van der Waals surface area contributed by atoms with Crippen LogP contribution in [0.5, 0.6) is 0 Å². The highest BCUT2D eigenvalue weighted by atomic mass is 16.6. The molecule has 0 saturated heterocycles. The lowest BCUT2D eigenvalue weighted by atomic mass is 10.0. The fraction of sp³-hybridized carbons (Fsp3) is 0.0714. The molecule has 0 aromatic heterocycles. The Kier molecular flexibility index (Phi) is 3.44. The second kappa shape index (κ2) is 5.19. The number of allylic oxidation sites excluding steroid dienone is 3. The van der Waals surface area contributed by atoms with Crippen molar-refractivity contribution in [1.29, 1.82) is 5.26 Å². The first-order chi connectivity index (χ1) is 9.10. The zero-order chi connectivity index (χ0) is 13.8. The summed E-state index contributed by atoms with van der Waals surface area (Å²) in [7, 11) is 1.91. The second-order valence-corrected chi connectivity index (χ2v) is 4.08. The number of nitriles is 1. The van der Waals surface area contributed by atoms with Crippen molar-refractivity contribution in [3.05, 3.63) is 69.6 Å². The van der Waals surface area contributed by atoms with E-state index in [1.54, 1.807) is 6.07 Å². The summed E-state index contributed by atoms with van der Waals surface area (Å²) in [5, 5.41) is 19.7. The average molecular weight is 253 g/mol. The zero-order valence-corrected chi connectivity index (χ0v) is 10.3. The van der Waals surface area contributed by atoms with E-state index in [1.807, 2.05) is 48.6 Å². The highest BCUT2D eigenvalue weighted by molar-refractivity contribution is 5.66. The van der Waals surface area contributed by atoms with Crippen LogP contribution in [-0.2, 0) is 0 Å². The average Bonchev–Trinajstić information content (AvgIpc) is 2.41. The number of benzene rings is 1. The van der Waals surface area contributed by atoms with Crippen molar-refractivity contribution < 1.29 is 4.92 Å². The molecule has 5 heteroatoms. The van der Waals surface area contributed by atoms with Crippen molar-refractivity contribution in [1.82, 2.24) is 4.90 Å². The Labute approximate surface area is 110 Å². The maximum absolute atomic E-state index is 10.7. The van der Waals surface area contributed by atoms with E-state index in [-0.39, 0.29) is 5.69 Å². The Bertz CT molecular complexity index is 635. The minimum Gasteiger partial charge on any atom is -0.357 e. The van der Waals surface area contributed by atoms with Crippen LogP contribution in [-0.4, -0.2) is 16.9 Å². The molecule has 1 aliphatic heterocycles. The topological polar surface area (TPSA) is 70.2 Å². The largest absolute Gasteiger partial charge is 0.357 e. The number of nitro groups is 1. The molecular formula is C14H11N3O2. The van der Waals surface area contributed by atoms with E-state index in [9.17, 15) is 10.1 Å². The number of rotatable bonds is 2. The monoisotopic (exact) mass is 253 g/mol. The number of non-ortho nitro benzene ring substituents is 1. The van der Waals surface area contributed by atoms with Crippen LogP contribution in [0.2, 0.25) is 0 Å². The molecule has 1 heterocycles. The van der Waals surface area contributed by atoms with Crippen LogP contribution in [0, 0.1) is 21.4 Å². The maximum atomic E-state index is 10.7. The highest BCUT2D eigenvalue weighted by Gasteiger charge is 2.09. The minimum absolute atomic E-state index is 0.0758. The summed E-state index contributed by atoms with van der Waals surface area (Å²) in [6, 6.07) is 6.25. The first kappa shape index (κ1) is 12.6. The van der Waals surface area contributed by atoms with Crippen LogP contribution in [0.25, 0.3) is 6.08 Å². The molecule has 0 atom stereocenters. The van der Waals surface area contributed by atoms with Gasteiger partial charge in [0.2, 0.25) is 0 Å². The van der Waals surface area contributed by atoms with Gasteiger partial charge in [-0.05, 0) is 35.4 Å². The molecule has 1 aromatic carbocycles. The fourth-order valence-corrected chi connectivity index (χ4v) is 1.67. The van der Waals surface area contributed by atoms with E-state index in [1.165, 1.54) is 12.1 Å². The third-order valence-corrected chi connectivity index (χ3v) is 2.69. The van der Waals surface area contributed by atoms with Crippen molar-refractivity contribution in [2.24, 2.45) is 0 Å². The lowest BCUT2D eigenvalue weighted by Gasteiger charge is -2.11. The van der Waals surface area contributed by atoms with Crippen LogP contribution >= 0.6 is 0 Å². The SMILES string of the molecule is CN1C=CC(=Cc2ccc([N+](=O)[O-])cc2C#N)C=C1. The van der Waals surface area contributed by atoms with Crippen molar-refractivity contribution in [2.75, 3.05) is 7.05 Å². The molecule has 0 fully saturated rings. The Morgan fingerprint density at radius 2 is 2.05 bits per heavy atom. The van der Waals surface area contributed by atoms with Gasteiger partial charge in [-0.2, -0.15) is 5.26 Å². The predicted octanol–water partition coefficient (Wildman–Crippen LogP) is 2.82. The van der Waals surface area contributed by atoms with Gasteiger partial charge < -0.3 is 4.90 Å². The van der Waals surface area contributed by atoms with Gasteiger partial charge in [0.25, 0.3) is 5.69 Å². The molecule has 94 valence electrons. The number of hydrogen-bond acceptors (Lipinski definition) is 4. The lowest BCUT2D eigenvalue weighted by Crippen LogP contribution is -2.03. The van der Waals surface area contributed by atoms with Gasteiger partial charge in [0.1, 0.15) is 6.07 Å². The Balaban J connectivity index is 2.39. The van der Waals surface area contributed by atoms with Crippen molar-refractivity contribution >= 4 is 11.8 Å².